The van der Waals surface area contributed by atoms with E-state index in [-0.39, 0.29) is 11.9 Å². The molecule has 86 valence electrons. The van der Waals surface area contributed by atoms with Crippen LogP contribution in [0, 0.1) is 0 Å². The largest absolute Gasteiger partial charge is 0.336 e. The standard InChI is InChI=1S/C12H15BrN2O/c1-9(16)15-8-3-2-6-11(15)10-5-4-7-14-12(10)13/h4-5,7,11H,2-3,6,8H2,1H3/t11-/m0/s1. The first-order chi connectivity index (χ1) is 7.70. The van der Waals surface area contributed by atoms with Gasteiger partial charge in [-0.05, 0) is 41.3 Å². The van der Waals surface area contributed by atoms with E-state index in [1.807, 2.05) is 17.0 Å². The average molecular weight is 283 g/mol. The molecule has 3 nitrogen and oxygen atoms in total. The summed E-state index contributed by atoms with van der Waals surface area (Å²) in [6.07, 6.45) is 5.07. The van der Waals surface area contributed by atoms with Gasteiger partial charge in [0.15, 0.2) is 0 Å². The number of carbonyl (C=O) groups is 1. The van der Waals surface area contributed by atoms with Gasteiger partial charge in [0.2, 0.25) is 5.91 Å². The van der Waals surface area contributed by atoms with Crippen LogP contribution in [0.2, 0.25) is 0 Å². The summed E-state index contributed by atoms with van der Waals surface area (Å²) >= 11 is 3.46. The third-order valence-electron chi connectivity index (χ3n) is 3.05. The van der Waals surface area contributed by atoms with Gasteiger partial charge >= 0.3 is 0 Å². The van der Waals surface area contributed by atoms with Crippen molar-refractivity contribution in [2.24, 2.45) is 0 Å². The Labute approximate surface area is 104 Å². The Morgan fingerprint density at radius 1 is 1.56 bits per heavy atom. The molecule has 1 saturated heterocycles. The first-order valence-corrected chi connectivity index (χ1v) is 6.37. The van der Waals surface area contributed by atoms with Crippen molar-refractivity contribution in [3.63, 3.8) is 0 Å². The Hall–Kier alpha value is -0.900. The molecule has 2 rings (SSSR count). The molecule has 16 heavy (non-hydrogen) atoms. The summed E-state index contributed by atoms with van der Waals surface area (Å²) < 4.78 is 0.855. The number of likely N-dealkylation sites (tertiary alicyclic amines) is 1. The van der Waals surface area contributed by atoms with Crippen molar-refractivity contribution in [3.05, 3.63) is 28.5 Å². The lowest BCUT2D eigenvalue weighted by Crippen LogP contribution is -2.37. The molecule has 1 aromatic heterocycles. The monoisotopic (exact) mass is 282 g/mol. The number of rotatable bonds is 1. The van der Waals surface area contributed by atoms with Crippen LogP contribution in [0.5, 0.6) is 0 Å². The minimum Gasteiger partial charge on any atom is -0.336 e. The fraction of sp³-hybridized carbons (Fsp3) is 0.500. The Balaban J connectivity index is 2.30. The number of amides is 1. The highest BCUT2D eigenvalue weighted by Gasteiger charge is 2.27. The van der Waals surface area contributed by atoms with Crippen LogP contribution in [0.1, 0.15) is 37.8 Å². The van der Waals surface area contributed by atoms with E-state index in [0.717, 1.165) is 29.6 Å². The summed E-state index contributed by atoms with van der Waals surface area (Å²) in [6.45, 7) is 2.50. The van der Waals surface area contributed by atoms with Crippen molar-refractivity contribution in [1.82, 2.24) is 9.88 Å². The van der Waals surface area contributed by atoms with Crippen LogP contribution < -0.4 is 0 Å². The van der Waals surface area contributed by atoms with E-state index in [1.165, 1.54) is 6.42 Å². The van der Waals surface area contributed by atoms with Gasteiger partial charge in [-0.3, -0.25) is 4.79 Å². The maximum atomic E-state index is 11.6. The van der Waals surface area contributed by atoms with Crippen molar-refractivity contribution < 1.29 is 4.79 Å². The first kappa shape index (κ1) is 11.6. The highest BCUT2D eigenvalue weighted by molar-refractivity contribution is 9.10. The Kier molecular flexibility index (Phi) is 3.59. The lowest BCUT2D eigenvalue weighted by Gasteiger charge is -2.35. The van der Waals surface area contributed by atoms with Gasteiger partial charge < -0.3 is 4.90 Å². The smallest absolute Gasteiger partial charge is 0.219 e. The van der Waals surface area contributed by atoms with Gasteiger partial charge in [0.1, 0.15) is 4.60 Å². The predicted octanol–water partition coefficient (Wildman–Crippen LogP) is 2.92. The lowest BCUT2D eigenvalue weighted by atomic mass is 9.96. The molecular weight excluding hydrogens is 268 g/mol. The summed E-state index contributed by atoms with van der Waals surface area (Å²) in [7, 11) is 0. The van der Waals surface area contributed by atoms with Gasteiger partial charge in [-0.1, -0.05) is 6.07 Å². The van der Waals surface area contributed by atoms with Gasteiger partial charge in [0.05, 0.1) is 6.04 Å². The molecule has 0 saturated carbocycles. The van der Waals surface area contributed by atoms with Crippen molar-refractivity contribution >= 4 is 21.8 Å². The maximum Gasteiger partial charge on any atom is 0.219 e. The number of hydrogen-bond donors (Lipinski definition) is 0. The van der Waals surface area contributed by atoms with Crippen LogP contribution in [0.15, 0.2) is 22.9 Å². The number of halogens is 1. The van der Waals surface area contributed by atoms with E-state index in [1.54, 1.807) is 13.1 Å². The van der Waals surface area contributed by atoms with Crippen LogP contribution in [-0.2, 0) is 4.79 Å². The highest BCUT2D eigenvalue weighted by atomic mass is 79.9. The molecule has 0 aliphatic carbocycles. The molecule has 1 aliphatic heterocycles. The third-order valence-corrected chi connectivity index (χ3v) is 3.72. The summed E-state index contributed by atoms with van der Waals surface area (Å²) in [6, 6.07) is 4.16. The topological polar surface area (TPSA) is 33.2 Å². The normalized spacial score (nSPS) is 20.9. The van der Waals surface area contributed by atoms with E-state index >= 15 is 0 Å². The molecule has 1 amide bonds. The van der Waals surface area contributed by atoms with Gasteiger partial charge in [-0.2, -0.15) is 0 Å². The molecule has 0 unspecified atom stereocenters. The summed E-state index contributed by atoms with van der Waals surface area (Å²) in [5.74, 6) is 0.153. The number of nitrogens with zero attached hydrogens (tertiary/aromatic N) is 2. The molecule has 1 aromatic rings. The molecule has 0 radical (unpaired) electrons. The van der Waals surface area contributed by atoms with Crippen LogP contribution in [-0.4, -0.2) is 22.3 Å². The molecule has 1 atom stereocenters. The Bertz CT molecular complexity index is 394. The lowest BCUT2D eigenvalue weighted by molar-refractivity contribution is -0.132. The Morgan fingerprint density at radius 2 is 2.38 bits per heavy atom. The minimum atomic E-state index is 0.153. The molecule has 1 fully saturated rings. The van der Waals surface area contributed by atoms with Gasteiger partial charge in [-0.15, -0.1) is 0 Å². The SMILES string of the molecule is CC(=O)N1CCCC[C@H]1c1cccnc1Br. The minimum absolute atomic E-state index is 0.153. The predicted molar refractivity (Wildman–Crippen MR) is 65.9 cm³/mol. The summed E-state index contributed by atoms with van der Waals surface area (Å²) in [5.41, 5.74) is 1.12. The average Bonchev–Trinajstić information content (AvgIpc) is 2.29. The fourth-order valence-electron chi connectivity index (χ4n) is 2.28. The van der Waals surface area contributed by atoms with Crippen molar-refractivity contribution in [2.75, 3.05) is 6.54 Å². The van der Waals surface area contributed by atoms with Gasteiger partial charge in [0.25, 0.3) is 0 Å². The zero-order chi connectivity index (χ0) is 11.5. The van der Waals surface area contributed by atoms with Gasteiger partial charge in [-0.25, -0.2) is 4.98 Å². The van der Waals surface area contributed by atoms with Crippen LogP contribution in [0.3, 0.4) is 0 Å². The third kappa shape index (κ3) is 2.26. The number of hydrogen-bond acceptors (Lipinski definition) is 2. The number of piperidine rings is 1. The quantitative estimate of drug-likeness (QED) is 0.742. The van der Waals surface area contributed by atoms with Gasteiger partial charge in [0, 0.05) is 25.2 Å². The first-order valence-electron chi connectivity index (χ1n) is 5.58. The molecule has 0 aromatic carbocycles. The molecule has 1 aliphatic rings. The second-order valence-corrected chi connectivity index (χ2v) is 4.86. The van der Waals surface area contributed by atoms with E-state index in [4.69, 9.17) is 0 Å². The summed E-state index contributed by atoms with van der Waals surface area (Å²) in [4.78, 5) is 17.8. The maximum absolute atomic E-state index is 11.6. The van der Waals surface area contributed by atoms with Crippen molar-refractivity contribution in [2.45, 2.75) is 32.2 Å². The van der Waals surface area contributed by atoms with E-state index in [0.29, 0.717) is 0 Å². The highest BCUT2D eigenvalue weighted by Crippen LogP contribution is 2.33. The number of carbonyl (C=O) groups excluding carboxylic acids is 1. The summed E-state index contributed by atoms with van der Waals surface area (Å²) in [5, 5.41) is 0. The van der Waals surface area contributed by atoms with Crippen molar-refractivity contribution in [1.29, 1.82) is 0 Å². The second kappa shape index (κ2) is 4.95. The molecule has 0 bridgehead atoms. The number of pyridine rings is 1. The fourth-order valence-corrected chi connectivity index (χ4v) is 2.79. The molecule has 0 spiro atoms. The van der Waals surface area contributed by atoms with Crippen molar-refractivity contribution in [3.8, 4) is 0 Å². The molecular formula is C12H15BrN2O. The van der Waals surface area contributed by atoms with Crippen LogP contribution in [0.4, 0.5) is 0 Å². The molecule has 4 heteroatoms. The van der Waals surface area contributed by atoms with Crippen LogP contribution in [0.25, 0.3) is 0 Å². The zero-order valence-corrected chi connectivity index (χ0v) is 10.9. The second-order valence-electron chi connectivity index (χ2n) is 4.11. The van der Waals surface area contributed by atoms with E-state index < -0.39 is 0 Å². The Morgan fingerprint density at radius 3 is 3.06 bits per heavy atom. The number of aromatic nitrogens is 1. The zero-order valence-electron chi connectivity index (χ0n) is 9.32. The van der Waals surface area contributed by atoms with E-state index in [9.17, 15) is 4.79 Å². The molecule has 0 N–H and O–H groups in total. The van der Waals surface area contributed by atoms with E-state index in [2.05, 4.69) is 20.9 Å². The molecule has 2 heterocycles. The van der Waals surface area contributed by atoms with Crippen LogP contribution >= 0.6 is 15.9 Å².